The van der Waals surface area contributed by atoms with Crippen LogP contribution in [0, 0.1) is 5.82 Å². The van der Waals surface area contributed by atoms with Gasteiger partial charge in [0.1, 0.15) is 11.9 Å². The Morgan fingerprint density at radius 3 is 2.82 bits per heavy atom. The van der Waals surface area contributed by atoms with Crippen LogP contribution in [0.4, 0.5) is 4.39 Å². The summed E-state index contributed by atoms with van der Waals surface area (Å²) >= 11 is 0. The quantitative estimate of drug-likeness (QED) is 0.804. The van der Waals surface area contributed by atoms with Crippen LogP contribution in [0.3, 0.4) is 0 Å². The fraction of sp³-hybridized carbons (Fsp3) is 0.250. The van der Waals surface area contributed by atoms with Gasteiger partial charge < -0.3 is 15.0 Å². The molecule has 1 atom stereocenters. The van der Waals surface area contributed by atoms with E-state index in [1.807, 2.05) is 0 Å². The fourth-order valence-corrected chi connectivity index (χ4v) is 1.89. The van der Waals surface area contributed by atoms with Crippen molar-refractivity contribution in [1.29, 1.82) is 0 Å². The second kappa shape index (κ2) is 4.18. The van der Waals surface area contributed by atoms with Gasteiger partial charge in [-0.15, -0.1) is 0 Å². The minimum Gasteiger partial charge on any atom is -0.468 e. The van der Waals surface area contributed by atoms with Crippen molar-refractivity contribution in [2.45, 2.75) is 6.04 Å². The number of carbonyl (C=O) groups excluding carboxylic acids is 1. The lowest BCUT2D eigenvalue weighted by Gasteiger charge is -2.10. The average Bonchev–Trinajstić information content (AvgIpc) is 2.67. The van der Waals surface area contributed by atoms with Gasteiger partial charge in [0.15, 0.2) is 0 Å². The Labute approximate surface area is 97.8 Å². The van der Waals surface area contributed by atoms with Crippen molar-refractivity contribution >= 4 is 16.9 Å². The molecule has 4 nitrogen and oxygen atoms in total. The fourth-order valence-electron chi connectivity index (χ4n) is 1.89. The number of halogens is 1. The molecule has 1 aromatic carbocycles. The predicted molar refractivity (Wildman–Crippen MR) is 61.8 cm³/mol. The first-order chi connectivity index (χ1) is 8.06. The number of hydrogen-bond acceptors (Lipinski definition) is 3. The van der Waals surface area contributed by atoms with Crippen molar-refractivity contribution in [3.8, 4) is 0 Å². The van der Waals surface area contributed by atoms with E-state index in [0.29, 0.717) is 16.6 Å². The standard InChI is InChI=1S/C12H13FN2O2/c1-15-9-5-3-4-8(13)7(9)6-10(15)11(14)12(16)17-2/h3-6,11H,14H2,1-2H3. The Balaban J connectivity index is 2.60. The molecule has 0 bridgehead atoms. The van der Waals surface area contributed by atoms with Gasteiger partial charge in [-0.25, -0.2) is 9.18 Å². The van der Waals surface area contributed by atoms with E-state index >= 15 is 0 Å². The van der Waals surface area contributed by atoms with Crippen molar-refractivity contribution in [1.82, 2.24) is 4.57 Å². The molecule has 0 radical (unpaired) electrons. The molecule has 0 fully saturated rings. The van der Waals surface area contributed by atoms with E-state index in [-0.39, 0.29) is 5.82 Å². The molecule has 1 aromatic heterocycles. The van der Waals surface area contributed by atoms with Gasteiger partial charge in [0.05, 0.1) is 12.6 Å². The van der Waals surface area contributed by atoms with Gasteiger partial charge >= 0.3 is 5.97 Å². The lowest BCUT2D eigenvalue weighted by molar-refractivity contribution is -0.142. The number of hydrogen-bond donors (Lipinski definition) is 1. The molecule has 0 spiro atoms. The molecule has 2 aromatic rings. The highest BCUT2D eigenvalue weighted by molar-refractivity contribution is 5.85. The van der Waals surface area contributed by atoms with Gasteiger partial charge in [-0.05, 0) is 18.2 Å². The van der Waals surface area contributed by atoms with Crippen molar-refractivity contribution < 1.29 is 13.9 Å². The van der Waals surface area contributed by atoms with Gasteiger partial charge in [0.2, 0.25) is 0 Å². The third-order valence-electron chi connectivity index (χ3n) is 2.84. The Hall–Kier alpha value is -1.88. The second-order valence-corrected chi connectivity index (χ2v) is 3.80. The molecule has 1 unspecified atom stereocenters. The summed E-state index contributed by atoms with van der Waals surface area (Å²) in [6.07, 6.45) is 0. The van der Waals surface area contributed by atoms with Crippen LogP contribution in [0.15, 0.2) is 24.3 Å². The first-order valence-electron chi connectivity index (χ1n) is 5.13. The first kappa shape index (κ1) is 11.6. The largest absolute Gasteiger partial charge is 0.468 e. The maximum Gasteiger partial charge on any atom is 0.328 e. The molecule has 0 saturated carbocycles. The van der Waals surface area contributed by atoms with E-state index in [0.717, 1.165) is 0 Å². The highest BCUT2D eigenvalue weighted by atomic mass is 19.1. The Morgan fingerprint density at radius 2 is 2.24 bits per heavy atom. The van der Waals surface area contributed by atoms with E-state index in [4.69, 9.17) is 5.73 Å². The monoisotopic (exact) mass is 236 g/mol. The van der Waals surface area contributed by atoms with Crippen LogP contribution >= 0.6 is 0 Å². The lowest BCUT2D eigenvalue weighted by atomic mass is 10.2. The molecule has 90 valence electrons. The summed E-state index contributed by atoms with van der Waals surface area (Å²) in [5.74, 6) is -0.877. The van der Waals surface area contributed by atoms with Crippen LogP contribution in [0.1, 0.15) is 11.7 Å². The summed E-state index contributed by atoms with van der Waals surface area (Å²) < 4.78 is 19.8. The predicted octanol–water partition coefficient (Wildman–Crippen LogP) is 1.49. The Morgan fingerprint density at radius 1 is 1.53 bits per heavy atom. The number of ether oxygens (including phenoxy) is 1. The summed E-state index contributed by atoms with van der Waals surface area (Å²) in [6.45, 7) is 0. The number of esters is 1. The highest BCUT2D eigenvalue weighted by Crippen LogP contribution is 2.24. The second-order valence-electron chi connectivity index (χ2n) is 3.80. The minimum absolute atomic E-state index is 0.332. The smallest absolute Gasteiger partial charge is 0.328 e. The molecular weight excluding hydrogens is 223 g/mol. The number of aryl methyl sites for hydroxylation is 1. The van der Waals surface area contributed by atoms with E-state index in [1.54, 1.807) is 29.8 Å². The summed E-state index contributed by atoms with van der Waals surface area (Å²) in [4.78, 5) is 11.4. The summed E-state index contributed by atoms with van der Waals surface area (Å²) in [5.41, 5.74) is 6.96. The van der Waals surface area contributed by atoms with Gasteiger partial charge in [-0.1, -0.05) is 6.07 Å². The number of nitrogens with zero attached hydrogens (tertiary/aromatic N) is 1. The molecule has 17 heavy (non-hydrogen) atoms. The molecule has 0 amide bonds. The zero-order chi connectivity index (χ0) is 12.6. The first-order valence-corrected chi connectivity index (χ1v) is 5.13. The third kappa shape index (κ3) is 1.78. The van der Waals surface area contributed by atoms with E-state index in [9.17, 15) is 9.18 Å². The van der Waals surface area contributed by atoms with Crippen LogP contribution in [-0.4, -0.2) is 17.6 Å². The minimum atomic E-state index is -0.906. The van der Waals surface area contributed by atoms with Crippen LogP contribution in [0.2, 0.25) is 0 Å². The number of rotatable bonds is 2. The normalized spacial score (nSPS) is 12.7. The van der Waals surface area contributed by atoms with E-state index in [2.05, 4.69) is 4.74 Å². The van der Waals surface area contributed by atoms with Gasteiger partial charge in [-0.3, -0.25) is 0 Å². The lowest BCUT2D eigenvalue weighted by Crippen LogP contribution is -2.24. The average molecular weight is 236 g/mol. The summed E-state index contributed by atoms with van der Waals surface area (Å²) in [6, 6.07) is 5.43. The Bertz CT molecular complexity index is 577. The molecule has 1 heterocycles. The van der Waals surface area contributed by atoms with Gasteiger partial charge in [0, 0.05) is 18.1 Å². The molecule has 0 aliphatic rings. The number of carbonyl (C=O) groups is 1. The number of aromatic nitrogens is 1. The van der Waals surface area contributed by atoms with Gasteiger partial charge in [0.25, 0.3) is 0 Å². The molecule has 2 N–H and O–H groups in total. The van der Waals surface area contributed by atoms with E-state index in [1.165, 1.54) is 13.2 Å². The number of nitrogens with two attached hydrogens (primary N) is 1. The van der Waals surface area contributed by atoms with Crippen LogP contribution in [0.25, 0.3) is 10.9 Å². The summed E-state index contributed by atoms with van der Waals surface area (Å²) in [7, 11) is 3.01. The maximum atomic E-state index is 13.6. The molecular formula is C12H13FN2O2. The molecule has 0 aliphatic heterocycles. The number of methoxy groups -OCH3 is 1. The zero-order valence-electron chi connectivity index (χ0n) is 9.61. The van der Waals surface area contributed by atoms with Gasteiger partial charge in [-0.2, -0.15) is 0 Å². The molecule has 0 saturated heterocycles. The summed E-state index contributed by atoms with van der Waals surface area (Å²) in [5, 5.41) is 0.448. The van der Waals surface area contributed by atoms with Crippen LogP contribution < -0.4 is 5.73 Å². The molecule has 5 heteroatoms. The van der Waals surface area contributed by atoms with Crippen LogP contribution in [0.5, 0.6) is 0 Å². The molecule has 0 aliphatic carbocycles. The SMILES string of the molecule is COC(=O)C(N)c1cc2c(F)cccc2n1C. The third-order valence-corrected chi connectivity index (χ3v) is 2.84. The number of fused-ring (bicyclic) bond motifs is 1. The van der Waals surface area contributed by atoms with E-state index < -0.39 is 12.0 Å². The maximum absolute atomic E-state index is 13.6. The Kier molecular flexibility index (Phi) is 2.85. The van der Waals surface area contributed by atoms with Crippen LogP contribution in [-0.2, 0) is 16.6 Å². The molecule has 2 rings (SSSR count). The number of benzene rings is 1. The zero-order valence-corrected chi connectivity index (χ0v) is 9.61. The van der Waals surface area contributed by atoms with Crippen molar-refractivity contribution in [3.63, 3.8) is 0 Å². The van der Waals surface area contributed by atoms with Crippen molar-refractivity contribution in [2.24, 2.45) is 12.8 Å². The highest BCUT2D eigenvalue weighted by Gasteiger charge is 2.21. The topological polar surface area (TPSA) is 57.2 Å². The van der Waals surface area contributed by atoms with Crippen molar-refractivity contribution in [2.75, 3.05) is 7.11 Å². The van der Waals surface area contributed by atoms with Crippen molar-refractivity contribution in [3.05, 3.63) is 35.8 Å².